The monoisotopic (exact) mass is 358 g/mol. The van der Waals surface area contributed by atoms with Crippen LogP contribution in [0.25, 0.3) is 0 Å². The lowest BCUT2D eigenvalue weighted by Gasteiger charge is -2.14. The van der Waals surface area contributed by atoms with Crippen molar-refractivity contribution in [1.29, 1.82) is 0 Å². The fraction of sp³-hybridized carbons (Fsp3) is 0.278. The zero-order valence-electron chi connectivity index (χ0n) is 14.2. The van der Waals surface area contributed by atoms with Gasteiger partial charge in [0, 0.05) is 29.3 Å². The predicted molar refractivity (Wildman–Crippen MR) is 97.4 cm³/mol. The first-order valence-electron chi connectivity index (χ1n) is 7.63. The van der Waals surface area contributed by atoms with Gasteiger partial charge in [-0.25, -0.2) is 0 Å². The maximum absolute atomic E-state index is 12.9. The third kappa shape index (κ3) is 3.46. The van der Waals surface area contributed by atoms with Gasteiger partial charge >= 0.3 is 0 Å². The highest BCUT2D eigenvalue weighted by molar-refractivity contribution is 8.14. The van der Waals surface area contributed by atoms with Gasteiger partial charge in [-0.1, -0.05) is 0 Å². The zero-order valence-corrected chi connectivity index (χ0v) is 15.0. The second-order valence-electron chi connectivity index (χ2n) is 5.28. The van der Waals surface area contributed by atoms with Crippen molar-refractivity contribution in [3.8, 4) is 17.2 Å². The second-order valence-corrected chi connectivity index (χ2v) is 6.28. The maximum atomic E-state index is 12.9. The van der Waals surface area contributed by atoms with Gasteiger partial charge in [-0.3, -0.25) is 14.8 Å². The number of methoxy groups -OCH3 is 3. The van der Waals surface area contributed by atoms with Crippen LogP contribution in [0, 0.1) is 0 Å². The molecule has 0 bridgehead atoms. The van der Waals surface area contributed by atoms with Crippen LogP contribution in [0.5, 0.6) is 17.2 Å². The van der Waals surface area contributed by atoms with Gasteiger partial charge < -0.3 is 14.2 Å². The minimum atomic E-state index is -0.434. The summed E-state index contributed by atoms with van der Waals surface area (Å²) in [6, 6.07) is 6.66. The van der Waals surface area contributed by atoms with E-state index in [9.17, 15) is 4.79 Å². The lowest BCUT2D eigenvalue weighted by atomic mass is 10.0. The van der Waals surface area contributed by atoms with Crippen molar-refractivity contribution in [2.75, 3.05) is 27.1 Å². The number of thioether (sulfide) groups is 1. The summed E-state index contributed by atoms with van der Waals surface area (Å²) in [6.07, 6.45) is 3.43. The Morgan fingerprint density at radius 2 is 1.72 bits per heavy atom. The van der Waals surface area contributed by atoms with Crippen molar-refractivity contribution in [2.45, 2.75) is 6.04 Å². The molecular formula is C18H18N2O4S. The molecule has 1 aliphatic heterocycles. The summed E-state index contributed by atoms with van der Waals surface area (Å²) in [5.74, 6) is 1.90. The first kappa shape index (κ1) is 17.3. The van der Waals surface area contributed by atoms with Crippen LogP contribution in [0.2, 0.25) is 0 Å². The number of aromatic nitrogens is 1. The minimum Gasteiger partial charge on any atom is -0.493 e. The number of pyridine rings is 1. The summed E-state index contributed by atoms with van der Waals surface area (Å²) >= 11 is 1.57. The topological polar surface area (TPSA) is 70.0 Å². The van der Waals surface area contributed by atoms with Crippen LogP contribution < -0.4 is 14.2 Å². The van der Waals surface area contributed by atoms with E-state index in [-0.39, 0.29) is 5.78 Å². The van der Waals surface area contributed by atoms with E-state index in [4.69, 9.17) is 14.2 Å². The highest BCUT2D eigenvalue weighted by Gasteiger charge is 2.28. The molecule has 0 aliphatic carbocycles. The van der Waals surface area contributed by atoms with Crippen molar-refractivity contribution in [1.82, 2.24) is 4.98 Å². The van der Waals surface area contributed by atoms with Crippen molar-refractivity contribution in [2.24, 2.45) is 4.99 Å². The van der Waals surface area contributed by atoms with Crippen LogP contribution in [-0.2, 0) is 0 Å². The predicted octanol–water partition coefficient (Wildman–Crippen LogP) is 2.85. The molecule has 0 fully saturated rings. The lowest BCUT2D eigenvalue weighted by Crippen LogP contribution is -2.19. The number of Topliss-reactive ketones (excluding diaryl/α,β-unsaturated/α-hetero) is 1. The molecule has 0 saturated carbocycles. The zero-order chi connectivity index (χ0) is 17.8. The molecule has 0 radical (unpaired) electrons. The van der Waals surface area contributed by atoms with E-state index >= 15 is 0 Å². The number of nitrogens with zero attached hydrogens (tertiary/aromatic N) is 2. The van der Waals surface area contributed by atoms with Crippen LogP contribution in [0.1, 0.15) is 15.9 Å². The first-order valence-corrected chi connectivity index (χ1v) is 8.61. The Labute approximate surface area is 150 Å². The fourth-order valence-electron chi connectivity index (χ4n) is 2.58. The van der Waals surface area contributed by atoms with Gasteiger partial charge in [0.25, 0.3) is 0 Å². The van der Waals surface area contributed by atoms with Crippen molar-refractivity contribution in [3.63, 3.8) is 0 Å². The average Bonchev–Trinajstić information content (AvgIpc) is 3.17. The molecule has 25 heavy (non-hydrogen) atoms. The average molecular weight is 358 g/mol. The molecule has 2 aromatic rings. The normalized spacial score (nSPS) is 16.3. The highest BCUT2D eigenvalue weighted by Crippen LogP contribution is 2.39. The Bertz CT molecular complexity index is 783. The molecule has 1 aromatic heterocycles. The second kappa shape index (κ2) is 7.57. The number of ketones is 1. The summed E-state index contributed by atoms with van der Waals surface area (Å²) in [6.45, 7) is 0. The highest BCUT2D eigenvalue weighted by atomic mass is 32.2. The number of hydrogen-bond acceptors (Lipinski definition) is 7. The van der Waals surface area contributed by atoms with Crippen LogP contribution in [0.3, 0.4) is 0 Å². The quantitative estimate of drug-likeness (QED) is 0.740. The molecule has 1 aliphatic rings. The fourth-order valence-corrected chi connectivity index (χ4v) is 3.62. The van der Waals surface area contributed by atoms with Gasteiger partial charge in [-0.2, -0.15) is 0 Å². The summed E-state index contributed by atoms with van der Waals surface area (Å²) < 4.78 is 15.9. The molecule has 1 aromatic carbocycles. The van der Waals surface area contributed by atoms with Gasteiger partial charge in [-0.05, 0) is 24.3 Å². The largest absolute Gasteiger partial charge is 0.493 e. The molecule has 0 spiro atoms. The van der Waals surface area contributed by atoms with E-state index in [2.05, 4.69) is 9.98 Å². The SMILES string of the molecule is COc1cc(C(=O)C2CSC(c3ccncc3)=N2)cc(OC)c1OC. The van der Waals surface area contributed by atoms with Crippen molar-refractivity contribution >= 4 is 22.6 Å². The van der Waals surface area contributed by atoms with Crippen LogP contribution in [0.4, 0.5) is 0 Å². The van der Waals surface area contributed by atoms with Gasteiger partial charge in [0.15, 0.2) is 17.3 Å². The summed E-state index contributed by atoms with van der Waals surface area (Å²) in [4.78, 5) is 21.5. The molecule has 6 nitrogen and oxygen atoms in total. The lowest BCUT2D eigenvalue weighted by molar-refractivity contribution is 0.0971. The summed E-state index contributed by atoms with van der Waals surface area (Å²) in [5, 5.41) is 0.855. The van der Waals surface area contributed by atoms with Gasteiger partial charge in [0.05, 0.1) is 26.4 Å². The number of hydrogen-bond donors (Lipinski definition) is 0. The Kier molecular flexibility index (Phi) is 5.23. The van der Waals surface area contributed by atoms with Crippen molar-refractivity contribution < 1.29 is 19.0 Å². The molecule has 0 saturated heterocycles. The Morgan fingerprint density at radius 1 is 1.08 bits per heavy atom. The van der Waals surface area contributed by atoms with Gasteiger partial charge in [0.1, 0.15) is 6.04 Å². The molecule has 1 atom stereocenters. The van der Waals surface area contributed by atoms with Gasteiger partial charge in [0.2, 0.25) is 5.75 Å². The van der Waals surface area contributed by atoms with E-state index < -0.39 is 6.04 Å². The van der Waals surface area contributed by atoms with Crippen LogP contribution in [-0.4, -0.2) is 48.9 Å². The number of carbonyl (C=O) groups is 1. The van der Waals surface area contributed by atoms with E-state index in [1.165, 1.54) is 21.3 Å². The van der Waals surface area contributed by atoms with E-state index in [0.717, 1.165) is 10.6 Å². The minimum absolute atomic E-state index is 0.0733. The number of carbonyl (C=O) groups excluding carboxylic acids is 1. The molecule has 0 amide bonds. The Morgan fingerprint density at radius 3 is 2.28 bits per heavy atom. The third-order valence-electron chi connectivity index (χ3n) is 3.83. The van der Waals surface area contributed by atoms with Crippen molar-refractivity contribution in [3.05, 3.63) is 47.8 Å². The van der Waals surface area contributed by atoms with Crippen LogP contribution in [0.15, 0.2) is 41.7 Å². The number of rotatable bonds is 6. The first-order chi connectivity index (χ1) is 12.2. The molecule has 3 rings (SSSR count). The molecule has 7 heteroatoms. The molecule has 1 unspecified atom stereocenters. The Balaban J connectivity index is 1.90. The summed E-state index contributed by atoms with van der Waals surface area (Å²) in [7, 11) is 4.58. The summed E-state index contributed by atoms with van der Waals surface area (Å²) in [5.41, 5.74) is 1.46. The molecule has 130 valence electrons. The molecular weight excluding hydrogens is 340 g/mol. The number of benzene rings is 1. The molecule has 2 heterocycles. The standard InChI is InChI=1S/C18H18N2O4S/c1-22-14-8-12(9-15(23-2)17(14)24-3)16(21)13-10-25-18(20-13)11-4-6-19-7-5-11/h4-9,13H,10H2,1-3H3. The molecule has 0 N–H and O–H groups in total. The van der Waals surface area contributed by atoms with E-state index in [1.807, 2.05) is 12.1 Å². The van der Waals surface area contributed by atoms with Crippen LogP contribution >= 0.6 is 11.8 Å². The Hall–Kier alpha value is -2.54. The van der Waals surface area contributed by atoms with E-state index in [1.54, 1.807) is 36.3 Å². The van der Waals surface area contributed by atoms with Gasteiger partial charge in [-0.15, -0.1) is 11.8 Å². The smallest absolute Gasteiger partial charge is 0.203 e. The van der Waals surface area contributed by atoms with E-state index in [0.29, 0.717) is 28.6 Å². The third-order valence-corrected chi connectivity index (χ3v) is 4.93. The maximum Gasteiger partial charge on any atom is 0.203 e. The number of ether oxygens (including phenoxy) is 3. The number of aliphatic imine (C=N–C) groups is 1.